The summed E-state index contributed by atoms with van der Waals surface area (Å²) in [4.78, 5) is 8.77. The van der Waals surface area contributed by atoms with E-state index in [2.05, 4.69) is 15.8 Å². The number of rotatable bonds is 0. The molecule has 0 saturated carbocycles. The van der Waals surface area contributed by atoms with Crippen molar-refractivity contribution in [3.05, 3.63) is 0 Å². The molecule has 0 aliphatic rings. The fourth-order valence-electron chi connectivity index (χ4n) is 0. The molecule has 2 nitrogen and oxygen atoms in total. The first-order valence-electron chi connectivity index (χ1n) is 1.62. The number of halogens is 1. The maximum absolute atomic E-state index is 8.77. The van der Waals surface area contributed by atoms with Gasteiger partial charge in [-0.15, -0.1) is 0 Å². The summed E-state index contributed by atoms with van der Waals surface area (Å²) in [7, 11) is 0. The van der Waals surface area contributed by atoms with Crippen LogP contribution < -0.4 is 0 Å². The molecule has 0 saturated heterocycles. The van der Waals surface area contributed by atoms with E-state index in [9.17, 15) is 0 Å². The molecule has 0 aliphatic heterocycles. The summed E-state index contributed by atoms with van der Waals surface area (Å²) in [5, 5.41) is 7.18. The second-order valence-corrected chi connectivity index (χ2v) is 0.576. The van der Waals surface area contributed by atoms with E-state index in [4.69, 9.17) is 9.90 Å². The van der Waals surface area contributed by atoms with Crippen LogP contribution in [0.15, 0.2) is 0 Å². The summed E-state index contributed by atoms with van der Waals surface area (Å²) in [5.74, 6) is 0. The van der Waals surface area contributed by atoms with Gasteiger partial charge in [0.25, 0.3) is 0 Å². The van der Waals surface area contributed by atoms with Crippen LogP contribution in [0.5, 0.6) is 0 Å². The second-order valence-electron chi connectivity index (χ2n) is 0.253. The van der Waals surface area contributed by atoms with Gasteiger partial charge in [0.15, 0.2) is 0 Å². The molecule has 0 radical (unpaired) electrons. The zero-order chi connectivity index (χ0) is 5.58. The van der Waals surface area contributed by atoms with Gasteiger partial charge in [-0.1, -0.05) is 0 Å². The molecule has 0 rings (SSSR count). The summed E-state index contributed by atoms with van der Waals surface area (Å²) in [6.07, 6.45) is 0. The van der Waals surface area contributed by atoms with Crippen molar-refractivity contribution in [2.24, 2.45) is 0 Å². The summed E-state index contributed by atoms with van der Waals surface area (Å²) in [6.45, 7) is 0. The Balaban J connectivity index is 0. The van der Waals surface area contributed by atoms with Crippen molar-refractivity contribution < 1.29 is 9.90 Å². The van der Waals surface area contributed by atoms with Crippen LogP contribution in [0.25, 0.3) is 0 Å². The molecule has 0 fully saturated rings. The monoisotopic (exact) mass is 118 g/mol. The molecule has 6 heavy (non-hydrogen) atoms. The van der Waals surface area contributed by atoms with E-state index >= 15 is 0 Å². The predicted octanol–water partition coefficient (Wildman–Crippen LogP) is 1.11. The van der Waals surface area contributed by atoms with Crippen molar-refractivity contribution in [1.29, 1.82) is 0 Å². The molecule has 0 heterocycles. The van der Waals surface area contributed by atoms with Gasteiger partial charge in [-0.3, -0.25) is 0 Å². The average molecular weight is 118 g/mol. The number of hydrogen-bond acceptors (Lipinski definition) is 1. The Morgan fingerprint density at radius 2 is 1.83 bits per heavy atom. The third-order valence-electron chi connectivity index (χ3n) is 0. The Morgan fingerprint density at radius 1 is 1.83 bits per heavy atom. The summed E-state index contributed by atoms with van der Waals surface area (Å²) in [6, 6.07) is 0. The van der Waals surface area contributed by atoms with Gasteiger partial charge in [-0.25, -0.2) is 4.79 Å². The number of carboxylic acid groups (broad SMARTS) is 1. The van der Waals surface area contributed by atoms with E-state index in [1.807, 2.05) is 0 Å². The minimum absolute atomic E-state index is 1.31. The first kappa shape index (κ1) is 9.90. The predicted molar refractivity (Wildman–Crippen MR) is 25.5 cm³/mol. The van der Waals surface area contributed by atoms with Gasteiger partial charge in [-0.05, 0) is 0 Å². The van der Waals surface area contributed by atoms with Gasteiger partial charge in [0.05, 0.1) is 0 Å². The van der Waals surface area contributed by atoms with Gasteiger partial charge < -0.3 is 5.11 Å². The molecule has 0 spiro atoms. The van der Waals surface area contributed by atoms with Crippen LogP contribution in [0, 0.1) is 0 Å². The second kappa shape index (κ2) is 9.23. The van der Waals surface area contributed by atoms with Crippen LogP contribution in [-0.4, -0.2) is 38.5 Å². The Labute approximate surface area is 58.9 Å². The van der Waals surface area contributed by atoms with E-state index in [1.54, 1.807) is 0 Å². The number of carbonyl (C=O) groups is 1. The van der Waals surface area contributed by atoms with Crippen LogP contribution in [0.1, 0.15) is 0 Å². The summed E-state index contributed by atoms with van der Waals surface area (Å²) >= 11 is 5.50. The van der Waals surface area contributed by atoms with E-state index in [0.29, 0.717) is 0 Å². The molecule has 0 aliphatic carbocycles. The van der Waals surface area contributed by atoms with Crippen molar-refractivity contribution in [3.63, 3.8) is 0 Å². The molecule has 1 N–H and O–H groups in total. The molecule has 0 atom stereocenters. The third kappa shape index (κ3) is 117. The zero-order valence-electron chi connectivity index (χ0n) is 3.73. The molecule has 0 aromatic heterocycles. The van der Waals surface area contributed by atoms with Crippen LogP contribution in [0.2, 0.25) is 4.17 Å². The third-order valence-corrected chi connectivity index (χ3v) is 0. The molecule has 0 aromatic rings. The first-order chi connectivity index (χ1) is 2.73. The van der Waals surface area contributed by atoms with Crippen LogP contribution in [-0.2, 0) is 0 Å². The normalized spacial score (nSPS) is 5.33. The Kier molecular flexibility index (Phi) is 15.2. The number of hydrogen-bond donors (Lipinski definition) is 1. The summed E-state index contributed by atoms with van der Waals surface area (Å²) < 4.78 is 2.14. The fourth-order valence-corrected chi connectivity index (χ4v) is 0. The van der Waals surface area contributed by atoms with Crippen molar-refractivity contribution in [3.8, 4) is 0 Å². The van der Waals surface area contributed by atoms with Gasteiger partial charge >= 0.3 is 37.5 Å². The molecule has 4 heteroatoms. The minimum atomic E-state index is -1.36. The SMILES string of the molecule is O=C(O)Cl.[CH3][Na]. The van der Waals surface area contributed by atoms with Gasteiger partial charge in [0.2, 0.25) is 0 Å². The molecule has 32 valence electrons. The van der Waals surface area contributed by atoms with Crippen molar-refractivity contribution in [2.45, 2.75) is 4.17 Å². The first-order valence-corrected chi connectivity index (χ1v) is 3.99. The summed E-state index contributed by atoms with van der Waals surface area (Å²) in [5.41, 5.74) is -1.36. The van der Waals surface area contributed by atoms with E-state index < -0.39 is 5.43 Å². The van der Waals surface area contributed by atoms with Gasteiger partial charge in [-0.2, -0.15) is 0 Å². The van der Waals surface area contributed by atoms with Crippen LogP contribution in [0.4, 0.5) is 4.79 Å². The molecular formula is C2H4ClNaO2. The quantitative estimate of drug-likeness (QED) is 0.382. The van der Waals surface area contributed by atoms with Gasteiger partial charge in [0, 0.05) is 11.6 Å². The molecule has 0 aromatic carbocycles. The van der Waals surface area contributed by atoms with E-state index in [-0.39, 0.29) is 0 Å². The van der Waals surface area contributed by atoms with E-state index in [1.165, 1.54) is 27.9 Å². The van der Waals surface area contributed by atoms with Gasteiger partial charge in [0.1, 0.15) is 0 Å². The zero-order valence-corrected chi connectivity index (χ0v) is 6.49. The van der Waals surface area contributed by atoms with E-state index in [0.717, 1.165) is 0 Å². The van der Waals surface area contributed by atoms with Crippen LogP contribution in [0.3, 0.4) is 0 Å². The van der Waals surface area contributed by atoms with Crippen molar-refractivity contribution >= 4 is 45.0 Å². The average Bonchev–Trinajstić information content (AvgIpc) is 1.41. The Morgan fingerprint density at radius 3 is 1.83 bits per heavy atom. The van der Waals surface area contributed by atoms with Crippen molar-refractivity contribution in [1.82, 2.24) is 0 Å². The molecule has 0 unspecified atom stereocenters. The fraction of sp³-hybridized carbons (Fsp3) is 0.500. The topological polar surface area (TPSA) is 37.3 Å². The Bertz CT molecular complexity index is 34.5. The van der Waals surface area contributed by atoms with Crippen molar-refractivity contribution in [2.75, 3.05) is 0 Å². The molecule has 0 amide bonds. The standard InChI is InChI=1S/CHClO2.CH3.Na/c2-1(3)4;;/h(H,3,4);1H3;. The molecular weight excluding hydrogens is 114 g/mol. The van der Waals surface area contributed by atoms with Crippen LogP contribution >= 0.6 is 11.6 Å². The molecule has 0 bridgehead atoms. The maximum atomic E-state index is 8.77. The Hall–Kier alpha value is 0.760.